The molecule has 19 heavy (non-hydrogen) atoms. The van der Waals surface area contributed by atoms with Gasteiger partial charge in [-0.15, -0.1) is 0 Å². The van der Waals surface area contributed by atoms with Crippen molar-refractivity contribution in [3.05, 3.63) is 0 Å². The van der Waals surface area contributed by atoms with Crippen LogP contribution in [0.2, 0.25) is 0 Å². The minimum absolute atomic E-state index is 0.0966. The Hall–Kier alpha value is -0.740. The lowest BCUT2D eigenvalue weighted by atomic mass is 9.80. The maximum absolute atomic E-state index is 12.4. The van der Waals surface area contributed by atoms with Crippen molar-refractivity contribution < 1.29 is 19.1 Å². The molecule has 0 spiro atoms. The third-order valence-electron chi connectivity index (χ3n) is 3.09. The topological polar surface area (TPSA) is 52.6 Å². The van der Waals surface area contributed by atoms with Crippen molar-refractivity contribution in [2.75, 3.05) is 0 Å². The molecule has 0 radical (unpaired) electrons. The molecule has 0 unspecified atom stereocenters. The van der Waals surface area contributed by atoms with Gasteiger partial charge in [-0.25, -0.2) is 0 Å². The summed E-state index contributed by atoms with van der Waals surface area (Å²) in [5, 5.41) is 0. The average Bonchev–Trinajstić information content (AvgIpc) is 2.49. The summed E-state index contributed by atoms with van der Waals surface area (Å²) in [6, 6.07) is 0. The summed E-state index contributed by atoms with van der Waals surface area (Å²) in [6.45, 7) is 14.4. The van der Waals surface area contributed by atoms with Gasteiger partial charge in [0, 0.05) is 10.8 Å². The highest BCUT2D eigenvalue weighted by molar-refractivity contribution is 5.97. The largest absolute Gasteiger partial charge is 0.336 e. The minimum atomic E-state index is -0.906. The van der Waals surface area contributed by atoms with Crippen molar-refractivity contribution >= 4 is 11.6 Å². The molecule has 0 amide bonds. The molecule has 0 saturated carbocycles. The minimum Gasteiger partial charge on any atom is -0.336 e. The van der Waals surface area contributed by atoms with Crippen LogP contribution in [0.3, 0.4) is 0 Å². The van der Waals surface area contributed by atoms with Crippen LogP contribution in [0.5, 0.6) is 0 Å². The van der Waals surface area contributed by atoms with Crippen molar-refractivity contribution in [3.8, 4) is 0 Å². The van der Waals surface area contributed by atoms with Crippen LogP contribution in [-0.4, -0.2) is 29.6 Å². The fraction of sp³-hybridized carbons (Fsp3) is 0.867. The Bertz CT molecular complexity index is 346. The molecular formula is C15H26O4. The van der Waals surface area contributed by atoms with Crippen molar-refractivity contribution in [2.24, 2.45) is 10.8 Å². The van der Waals surface area contributed by atoms with Crippen molar-refractivity contribution in [1.29, 1.82) is 0 Å². The van der Waals surface area contributed by atoms with Crippen molar-refractivity contribution in [2.45, 2.75) is 73.4 Å². The molecule has 110 valence electrons. The Morgan fingerprint density at radius 2 is 1.05 bits per heavy atom. The molecule has 2 atom stereocenters. The van der Waals surface area contributed by atoms with Gasteiger partial charge < -0.3 is 9.47 Å². The normalized spacial score (nSPS) is 27.4. The molecular weight excluding hydrogens is 244 g/mol. The Kier molecular flexibility index (Phi) is 4.01. The van der Waals surface area contributed by atoms with Gasteiger partial charge in [-0.2, -0.15) is 0 Å². The summed E-state index contributed by atoms with van der Waals surface area (Å²) in [5.74, 6) is -1.10. The molecule has 1 saturated heterocycles. The predicted octanol–water partition coefficient (Wildman–Crippen LogP) is 2.74. The van der Waals surface area contributed by atoms with Gasteiger partial charge in [0.05, 0.1) is 0 Å². The van der Waals surface area contributed by atoms with E-state index in [4.69, 9.17) is 9.47 Å². The molecule has 0 aromatic carbocycles. The third-order valence-corrected chi connectivity index (χ3v) is 3.09. The van der Waals surface area contributed by atoms with E-state index in [1.807, 2.05) is 41.5 Å². The summed E-state index contributed by atoms with van der Waals surface area (Å²) >= 11 is 0. The van der Waals surface area contributed by atoms with Crippen LogP contribution in [0.1, 0.15) is 55.4 Å². The number of hydrogen-bond acceptors (Lipinski definition) is 4. The Labute approximate surface area is 115 Å². The highest BCUT2D eigenvalue weighted by atomic mass is 16.8. The van der Waals surface area contributed by atoms with E-state index in [0.29, 0.717) is 0 Å². The monoisotopic (exact) mass is 270 g/mol. The zero-order valence-corrected chi connectivity index (χ0v) is 13.3. The lowest BCUT2D eigenvalue weighted by Gasteiger charge is -2.26. The fourth-order valence-corrected chi connectivity index (χ4v) is 2.00. The molecule has 0 aromatic heterocycles. The maximum atomic E-state index is 12.4. The summed E-state index contributed by atoms with van der Waals surface area (Å²) < 4.78 is 11.3. The van der Waals surface area contributed by atoms with E-state index in [1.54, 1.807) is 13.8 Å². The van der Waals surface area contributed by atoms with Gasteiger partial charge in [0.1, 0.15) is 0 Å². The average molecular weight is 270 g/mol. The van der Waals surface area contributed by atoms with E-state index in [2.05, 4.69) is 0 Å². The third kappa shape index (κ3) is 3.63. The van der Waals surface area contributed by atoms with Gasteiger partial charge in [0.15, 0.2) is 29.6 Å². The molecule has 4 heteroatoms. The predicted molar refractivity (Wildman–Crippen MR) is 72.7 cm³/mol. The molecule has 0 bridgehead atoms. The summed E-state index contributed by atoms with van der Waals surface area (Å²) in [6.07, 6.45) is -1.64. The second-order valence-corrected chi connectivity index (χ2v) is 7.71. The van der Waals surface area contributed by atoms with Gasteiger partial charge in [0.25, 0.3) is 0 Å². The molecule has 1 aliphatic rings. The smallest absolute Gasteiger partial charge is 0.170 e. The lowest BCUT2D eigenvalue weighted by molar-refractivity contribution is -0.162. The zero-order chi connectivity index (χ0) is 15.2. The first-order valence-corrected chi connectivity index (χ1v) is 6.70. The summed E-state index contributed by atoms with van der Waals surface area (Å²) in [7, 11) is 0. The first-order chi connectivity index (χ1) is 8.26. The Morgan fingerprint density at radius 3 is 1.26 bits per heavy atom. The van der Waals surface area contributed by atoms with Crippen LogP contribution in [0, 0.1) is 10.8 Å². The SMILES string of the molecule is CC1(C)O[C@@H](C(=O)C(C)(C)C)[C@H](C(=O)C(C)(C)C)O1. The summed E-state index contributed by atoms with van der Waals surface area (Å²) in [5.41, 5.74) is -1.13. The highest BCUT2D eigenvalue weighted by Crippen LogP contribution is 2.36. The number of carbonyl (C=O) groups is 2. The molecule has 1 fully saturated rings. The Balaban J connectivity index is 3.08. The molecule has 0 N–H and O–H groups in total. The van der Waals surface area contributed by atoms with E-state index in [1.165, 1.54) is 0 Å². The van der Waals surface area contributed by atoms with E-state index in [9.17, 15) is 9.59 Å². The van der Waals surface area contributed by atoms with E-state index < -0.39 is 28.8 Å². The van der Waals surface area contributed by atoms with Crippen molar-refractivity contribution in [3.63, 3.8) is 0 Å². The molecule has 0 aromatic rings. The molecule has 4 nitrogen and oxygen atoms in total. The standard InChI is InChI=1S/C15H26O4/c1-13(2,3)11(16)9-10(12(17)14(4,5)6)19-15(7,8)18-9/h9-10H,1-8H3/t9-,10-/m1/s1. The number of carbonyl (C=O) groups excluding carboxylic acids is 2. The van der Waals surface area contributed by atoms with Gasteiger partial charge in [0.2, 0.25) is 0 Å². The number of ether oxygens (including phenoxy) is 2. The van der Waals surface area contributed by atoms with Crippen LogP contribution < -0.4 is 0 Å². The van der Waals surface area contributed by atoms with Gasteiger partial charge in [-0.05, 0) is 13.8 Å². The first kappa shape index (κ1) is 16.3. The highest BCUT2D eigenvalue weighted by Gasteiger charge is 2.52. The maximum Gasteiger partial charge on any atom is 0.170 e. The van der Waals surface area contributed by atoms with E-state index >= 15 is 0 Å². The number of rotatable bonds is 2. The molecule has 1 rings (SSSR count). The van der Waals surface area contributed by atoms with Crippen LogP contribution in [0.25, 0.3) is 0 Å². The van der Waals surface area contributed by atoms with Gasteiger partial charge >= 0.3 is 0 Å². The first-order valence-electron chi connectivity index (χ1n) is 6.70. The van der Waals surface area contributed by atoms with Gasteiger partial charge in [-0.1, -0.05) is 41.5 Å². The Morgan fingerprint density at radius 1 is 0.789 bits per heavy atom. The second kappa shape index (κ2) is 4.67. The van der Waals surface area contributed by atoms with Crippen LogP contribution >= 0.6 is 0 Å². The molecule has 1 aliphatic heterocycles. The number of ketones is 2. The molecule has 1 heterocycles. The van der Waals surface area contributed by atoms with E-state index in [0.717, 1.165) is 0 Å². The van der Waals surface area contributed by atoms with Gasteiger partial charge in [-0.3, -0.25) is 9.59 Å². The van der Waals surface area contributed by atoms with Crippen molar-refractivity contribution in [1.82, 2.24) is 0 Å². The quantitative estimate of drug-likeness (QED) is 0.774. The molecule has 0 aliphatic carbocycles. The van der Waals surface area contributed by atoms with E-state index in [-0.39, 0.29) is 11.6 Å². The lowest BCUT2D eigenvalue weighted by Crippen LogP contribution is -2.46. The zero-order valence-electron chi connectivity index (χ0n) is 13.3. The van der Waals surface area contributed by atoms with Crippen LogP contribution in [-0.2, 0) is 19.1 Å². The fourth-order valence-electron chi connectivity index (χ4n) is 2.00. The number of Topliss-reactive ketones (excluding diaryl/α,β-unsaturated/α-hetero) is 2. The van der Waals surface area contributed by atoms with Crippen LogP contribution in [0.4, 0.5) is 0 Å². The number of hydrogen-bond donors (Lipinski definition) is 0. The van der Waals surface area contributed by atoms with Crippen LogP contribution in [0.15, 0.2) is 0 Å². The second-order valence-electron chi connectivity index (χ2n) is 7.71. The summed E-state index contributed by atoms with van der Waals surface area (Å²) in [4.78, 5) is 24.9.